The Morgan fingerprint density at radius 1 is 1.24 bits per heavy atom. The van der Waals surface area contributed by atoms with Crippen LogP contribution in [0.1, 0.15) is 25.8 Å². The molecule has 1 atom stereocenters. The Bertz CT molecular complexity index is 557. The first kappa shape index (κ1) is 17.5. The zero-order chi connectivity index (χ0) is 16.0. The van der Waals surface area contributed by atoms with Gasteiger partial charge in [0.15, 0.2) is 17.5 Å². The lowest BCUT2D eigenvalue weighted by Crippen LogP contribution is -2.34. The van der Waals surface area contributed by atoms with Crippen LogP contribution in [0.2, 0.25) is 0 Å². The lowest BCUT2D eigenvalue weighted by atomic mass is 9.92. The summed E-state index contributed by atoms with van der Waals surface area (Å²) >= 11 is 3.12. The normalized spacial score (nSPS) is 11.8. The predicted molar refractivity (Wildman–Crippen MR) is 78.2 cm³/mol. The Balaban J connectivity index is 2.95. The van der Waals surface area contributed by atoms with Crippen molar-refractivity contribution < 1.29 is 23.5 Å². The zero-order valence-corrected chi connectivity index (χ0v) is 13.4. The first-order valence-electron chi connectivity index (χ1n) is 6.56. The summed E-state index contributed by atoms with van der Waals surface area (Å²) in [6, 6.07) is 4.26. The monoisotopic (exact) mass is 358 g/mol. The van der Waals surface area contributed by atoms with Gasteiger partial charge in [0.1, 0.15) is 5.82 Å². The van der Waals surface area contributed by atoms with Crippen LogP contribution in [-0.2, 0) is 25.5 Å². The lowest BCUT2D eigenvalue weighted by Gasteiger charge is -2.13. The van der Waals surface area contributed by atoms with E-state index in [0.717, 1.165) is 0 Å². The van der Waals surface area contributed by atoms with E-state index in [1.165, 1.54) is 12.1 Å². The number of rotatable bonds is 7. The summed E-state index contributed by atoms with van der Waals surface area (Å²) in [6.45, 7) is 3.22. The molecule has 0 saturated heterocycles. The molecule has 1 unspecified atom stereocenters. The number of benzene rings is 1. The first-order chi connectivity index (χ1) is 9.90. The van der Waals surface area contributed by atoms with E-state index in [-0.39, 0.29) is 25.0 Å². The molecule has 1 aromatic carbocycles. The number of Topliss-reactive ketones (excluding diaryl/α,β-unsaturated/α-hetero) is 2. The molecular weight excluding hydrogens is 343 g/mol. The number of esters is 1. The molecule has 114 valence electrons. The van der Waals surface area contributed by atoms with Gasteiger partial charge in [0.2, 0.25) is 0 Å². The molecule has 6 heteroatoms. The Morgan fingerprint density at radius 2 is 1.90 bits per heavy atom. The highest BCUT2D eigenvalue weighted by molar-refractivity contribution is 9.10. The van der Waals surface area contributed by atoms with Gasteiger partial charge >= 0.3 is 5.97 Å². The lowest BCUT2D eigenvalue weighted by molar-refractivity contribution is -0.154. The van der Waals surface area contributed by atoms with Crippen LogP contribution in [-0.4, -0.2) is 24.1 Å². The summed E-state index contributed by atoms with van der Waals surface area (Å²) in [6.07, 6.45) is -0.285. The van der Waals surface area contributed by atoms with Crippen LogP contribution in [0.5, 0.6) is 0 Å². The van der Waals surface area contributed by atoms with Crippen molar-refractivity contribution >= 4 is 33.5 Å². The molecule has 0 aliphatic rings. The van der Waals surface area contributed by atoms with Crippen molar-refractivity contribution in [2.45, 2.75) is 26.7 Å². The molecule has 0 bridgehead atoms. The summed E-state index contributed by atoms with van der Waals surface area (Å²) < 4.78 is 19.0. The van der Waals surface area contributed by atoms with Gasteiger partial charge in [-0.2, -0.15) is 0 Å². The first-order valence-corrected chi connectivity index (χ1v) is 7.36. The molecule has 21 heavy (non-hydrogen) atoms. The van der Waals surface area contributed by atoms with Crippen LogP contribution in [0.15, 0.2) is 22.7 Å². The zero-order valence-electron chi connectivity index (χ0n) is 11.8. The molecule has 0 fully saturated rings. The van der Waals surface area contributed by atoms with Crippen molar-refractivity contribution in [2.24, 2.45) is 5.92 Å². The molecule has 1 aromatic rings. The average Bonchev–Trinajstić information content (AvgIpc) is 2.42. The summed E-state index contributed by atoms with van der Waals surface area (Å²) in [4.78, 5) is 35.7. The topological polar surface area (TPSA) is 60.4 Å². The molecular formula is C15H16BrFO4. The van der Waals surface area contributed by atoms with Gasteiger partial charge in [0.25, 0.3) is 0 Å². The number of hydrogen-bond donors (Lipinski definition) is 0. The van der Waals surface area contributed by atoms with Crippen LogP contribution in [0.3, 0.4) is 0 Å². The van der Waals surface area contributed by atoms with Crippen molar-refractivity contribution in [1.29, 1.82) is 0 Å². The highest BCUT2D eigenvalue weighted by Gasteiger charge is 2.33. The molecule has 0 saturated carbocycles. The van der Waals surface area contributed by atoms with Gasteiger partial charge in [-0.1, -0.05) is 28.9 Å². The number of carbonyl (C=O) groups is 3. The van der Waals surface area contributed by atoms with Crippen LogP contribution >= 0.6 is 15.9 Å². The van der Waals surface area contributed by atoms with E-state index in [1.54, 1.807) is 19.9 Å². The van der Waals surface area contributed by atoms with Crippen molar-refractivity contribution in [2.75, 3.05) is 6.61 Å². The third kappa shape index (κ3) is 4.74. The Kier molecular flexibility index (Phi) is 6.68. The van der Waals surface area contributed by atoms with Crippen molar-refractivity contribution in [3.05, 3.63) is 34.1 Å². The van der Waals surface area contributed by atoms with Gasteiger partial charge in [-0.15, -0.1) is 0 Å². The number of carbonyl (C=O) groups excluding carboxylic acids is 3. The van der Waals surface area contributed by atoms with Gasteiger partial charge in [-0.3, -0.25) is 14.4 Å². The smallest absolute Gasteiger partial charge is 0.324 e. The largest absolute Gasteiger partial charge is 0.465 e. The van der Waals surface area contributed by atoms with E-state index in [4.69, 9.17) is 4.74 Å². The summed E-state index contributed by atoms with van der Waals surface area (Å²) in [5.74, 6) is -4.08. The predicted octanol–water partition coefficient (Wildman–Crippen LogP) is 2.86. The molecule has 0 aliphatic heterocycles. The maximum atomic E-state index is 13.7. The minimum absolute atomic E-state index is 0.0397. The fraction of sp³-hybridized carbons (Fsp3) is 0.400. The quantitative estimate of drug-likeness (QED) is 0.555. The fourth-order valence-corrected chi connectivity index (χ4v) is 2.16. The molecule has 4 nitrogen and oxygen atoms in total. The van der Waals surface area contributed by atoms with Gasteiger partial charge in [0, 0.05) is 17.3 Å². The Hall–Kier alpha value is -1.56. The van der Waals surface area contributed by atoms with E-state index in [1.807, 2.05) is 0 Å². The molecule has 0 aliphatic carbocycles. The van der Waals surface area contributed by atoms with Crippen molar-refractivity contribution in [3.8, 4) is 0 Å². The molecule has 0 heterocycles. The summed E-state index contributed by atoms with van der Waals surface area (Å²) in [5.41, 5.74) is 0.140. The maximum absolute atomic E-state index is 13.7. The maximum Gasteiger partial charge on any atom is 0.324 e. The number of halogens is 2. The Morgan fingerprint density at radius 3 is 2.43 bits per heavy atom. The molecule has 0 radical (unpaired) electrons. The number of ketones is 2. The van der Waals surface area contributed by atoms with Crippen LogP contribution in [0.25, 0.3) is 0 Å². The van der Waals surface area contributed by atoms with E-state index >= 15 is 0 Å². The van der Waals surface area contributed by atoms with E-state index in [0.29, 0.717) is 4.47 Å². The molecule has 0 amide bonds. The van der Waals surface area contributed by atoms with E-state index in [9.17, 15) is 18.8 Å². The molecule has 0 aromatic heterocycles. The minimum Gasteiger partial charge on any atom is -0.465 e. The van der Waals surface area contributed by atoms with Crippen LogP contribution in [0.4, 0.5) is 4.39 Å². The van der Waals surface area contributed by atoms with Gasteiger partial charge in [-0.05, 0) is 24.6 Å². The average molecular weight is 359 g/mol. The summed E-state index contributed by atoms with van der Waals surface area (Å²) in [7, 11) is 0. The van der Waals surface area contributed by atoms with Gasteiger partial charge < -0.3 is 4.74 Å². The van der Waals surface area contributed by atoms with Crippen LogP contribution < -0.4 is 0 Å². The third-order valence-corrected chi connectivity index (χ3v) is 3.39. The molecule has 0 N–H and O–H groups in total. The second kappa shape index (κ2) is 8.02. The standard InChI is InChI=1S/C15H16BrFO4/c1-3-12(18)14(15(20)21-4-2)13(19)7-9-5-6-10(16)8-11(9)17/h5-6,8,14H,3-4,7H2,1-2H3. The van der Waals surface area contributed by atoms with Crippen molar-refractivity contribution in [1.82, 2.24) is 0 Å². The molecule has 1 rings (SSSR count). The second-order valence-corrected chi connectivity index (χ2v) is 5.30. The minimum atomic E-state index is -1.47. The van der Waals surface area contributed by atoms with E-state index in [2.05, 4.69) is 15.9 Å². The van der Waals surface area contributed by atoms with E-state index < -0.39 is 29.3 Å². The highest BCUT2D eigenvalue weighted by Crippen LogP contribution is 2.18. The summed E-state index contributed by atoms with van der Waals surface area (Å²) in [5, 5.41) is 0. The number of hydrogen-bond acceptors (Lipinski definition) is 4. The molecule has 0 spiro atoms. The van der Waals surface area contributed by atoms with Gasteiger partial charge in [-0.25, -0.2) is 4.39 Å². The number of ether oxygens (including phenoxy) is 1. The van der Waals surface area contributed by atoms with Crippen molar-refractivity contribution in [3.63, 3.8) is 0 Å². The Labute approximate surface area is 130 Å². The van der Waals surface area contributed by atoms with Gasteiger partial charge in [0.05, 0.1) is 6.61 Å². The second-order valence-electron chi connectivity index (χ2n) is 4.38. The SMILES string of the molecule is CCOC(=O)C(C(=O)CC)C(=O)Cc1ccc(Br)cc1F. The van der Waals surface area contributed by atoms with Crippen LogP contribution in [0, 0.1) is 11.7 Å². The highest BCUT2D eigenvalue weighted by atomic mass is 79.9. The fourth-order valence-electron chi connectivity index (χ4n) is 1.83. The third-order valence-electron chi connectivity index (χ3n) is 2.89.